The van der Waals surface area contributed by atoms with Gasteiger partial charge in [0.05, 0.1) is 22.3 Å². The minimum atomic E-state index is -0.465. The van der Waals surface area contributed by atoms with Crippen LogP contribution in [0.5, 0.6) is 0 Å². The number of nitrogens with one attached hydrogen (secondary N) is 1. The Morgan fingerprint density at radius 1 is 1.15 bits per heavy atom. The lowest BCUT2D eigenvalue weighted by Crippen LogP contribution is -2.27. The van der Waals surface area contributed by atoms with Crippen LogP contribution in [0.2, 0.25) is 10.0 Å². The zero-order valence-corrected chi connectivity index (χ0v) is 12.1. The van der Waals surface area contributed by atoms with Crippen molar-refractivity contribution in [1.29, 1.82) is 0 Å². The fourth-order valence-electron chi connectivity index (χ4n) is 2.29. The maximum atomic E-state index is 12.5. The molecule has 20 heavy (non-hydrogen) atoms. The highest BCUT2D eigenvalue weighted by Crippen LogP contribution is 2.49. The molecule has 1 saturated carbocycles. The number of hydrogen-bond acceptors (Lipinski definition) is 2. The predicted octanol–water partition coefficient (Wildman–Crippen LogP) is 4.06. The quantitative estimate of drug-likeness (QED) is 0.929. The van der Waals surface area contributed by atoms with Gasteiger partial charge in [0, 0.05) is 11.2 Å². The lowest BCUT2D eigenvalue weighted by atomic mass is 9.95. The molecule has 3 rings (SSSR count). The van der Waals surface area contributed by atoms with Gasteiger partial charge in [0.1, 0.15) is 0 Å². The molecule has 0 atom stereocenters. The molecule has 1 aromatic carbocycles. The van der Waals surface area contributed by atoms with Gasteiger partial charge in [-0.05, 0) is 36.6 Å². The van der Waals surface area contributed by atoms with Gasteiger partial charge in [-0.15, -0.1) is 0 Å². The van der Waals surface area contributed by atoms with Crippen LogP contribution < -0.4 is 5.32 Å². The summed E-state index contributed by atoms with van der Waals surface area (Å²) in [7, 11) is 0. The second kappa shape index (κ2) is 5.08. The number of carbonyl (C=O) groups is 1. The maximum Gasteiger partial charge on any atom is 0.235 e. The standard InChI is InChI=1S/C15H12Cl2N2O/c16-11-3-1-2-10(6-11)15(4-5-15)14(20)19-13-7-12(17)8-18-9-13/h1-3,6-9H,4-5H2,(H,19,20). The Kier molecular flexibility index (Phi) is 3.40. The topological polar surface area (TPSA) is 42.0 Å². The molecule has 0 saturated heterocycles. The van der Waals surface area contributed by atoms with Gasteiger partial charge >= 0.3 is 0 Å². The number of hydrogen-bond donors (Lipinski definition) is 1. The molecule has 3 nitrogen and oxygen atoms in total. The fourth-order valence-corrected chi connectivity index (χ4v) is 2.65. The van der Waals surface area contributed by atoms with E-state index in [1.807, 2.05) is 18.2 Å². The molecular weight excluding hydrogens is 295 g/mol. The molecule has 1 aromatic heterocycles. The van der Waals surface area contributed by atoms with Crippen LogP contribution in [0.1, 0.15) is 18.4 Å². The van der Waals surface area contributed by atoms with Crippen molar-refractivity contribution in [1.82, 2.24) is 4.98 Å². The molecule has 1 heterocycles. The average Bonchev–Trinajstić information content (AvgIpc) is 3.20. The number of aromatic nitrogens is 1. The van der Waals surface area contributed by atoms with Gasteiger partial charge in [-0.2, -0.15) is 0 Å². The fraction of sp³-hybridized carbons (Fsp3) is 0.200. The van der Waals surface area contributed by atoms with Gasteiger partial charge < -0.3 is 5.32 Å². The predicted molar refractivity (Wildman–Crippen MR) is 80.2 cm³/mol. The van der Waals surface area contributed by atoms with Crippen LogP contribution in [-0.2, 0) is 10.2 Å². The number of pyridine rings is 1. The average molecular weight is 307 g/mol. The van der Waals surface area contributed by atoms with Crippen LogP contribution in [0, 0.1) is 0 Å². The number of halogens is 2. The minimum Gasteiger partial charge on any atom is -0.324 e. The second-order valence-corrected chi connectivity index (χ2v) is 5.81. The second-order valence-electron chi connectivity index (χ2n) is 4.94. The SMILES string of the molecule is O=C(Nc1cncc(Cl)c1)C1(c2cccc(Cl)c2)CC1. The number of anilines is 1. The van der Waals surface area contributed by atoms with Crippen molar-refractivity contribution in [2.75, 3.05) is 5.32 Å². The highest BCUT2D eigenvalue weighted by atomic mass is 35.5. The summed E-state index contributed by atoms with van der Waals surface area (Å²) >= 11 is 11.9. The zero-order valence-electron chi connectivity index (χ0n) is 10.6. The summed E-state index contributed by atoms with van der Waals surface area (Å²) in [5, 5.41) is 4.01. The minimum absolute atomic E-state index is 0.0381. The number of amides is 1. The molecule has 0 aliphatic heterocycles. The Labute approximate surface area is 126 Å². The smallest absolute Gasteiger partial charge is 0.235 e. The highest BCUT2D eigenvalue weighted by Gasteiger charge is 2.51. The van der Waals surface area contributed by atoms with Crippen molar-refractivity contribution < 1.29 is 4.79 Å². The lowest BCUT2D eigenvalue weighted by Gasteiger charge is -2.16. The van der Waals surface area contributed by atoms with E-state index in [9.17, 15) is 4.79 Å². The lowest BCUT2D eigenvalue weighted by molar-refractivity contribution is -0.118. The Hall–Kier alpha value is -1.58. The van der Waals surface area contributed by atoms with E-state index in [4.69, 9.17) is 23.2 Å². The van der Waals surface area contributed by atoms with Gasteiger partial charge in [-0.25, -0.2) is 0 Å². The normalized spacial score (nSPS) is 15.7. The zero-order chi connectivity index (χ0) is 14.2. The molecule has 0 spiro atoms. The third-order valence-corrected chi connectivity index (χ3v) is 3.97. The van der Waals surface area contributed by atoms with Crippen LogP contribution in [0.15, 0.2) is 42.7 Å². The van der Waals surface area contributed by atoms with E-state index in [0.29, 0.717) is 15.7 Å². The summed E-state index contributed by atoms with van der Waals surface area (Å²) in [5.74, 6) is -0.0381. The van der Waals surface area contributed by atoms with Crippen LogP contribution in [-0.4, -0.2) is 10.9 Å². The van der Waals surface area contributed by atoms with Gasteiger partial charge in [-0.3, -0.25) is 9.78 Å². The molecule has 5 heteroatoms. The number of carbonyl (C=O) groups excluding carboxylic acids is 1. The van der Waals surface area contributed by atoms with Crippen LogP contribution >= 0.6 is 23.2 Å². The Balaban J connectivity index is 1.83. The first kappa shape index (κ1) is 13.4. The molecule has 1 fully saturated rings. The summed E-state index contributed by atoms with van der Waals surface area (Å²) < 4.78 is 0. The molecule has 2 aromatic rings. The van der Waals surface area contributed by atoms with Crippen molar-refractivity contribution in [3.63, 3.8) is 0 Å². The third kappa shape index (κ3) is 2.51. The summed E-state index contributed by atoms with van der Waals surface area (Å²) in [5.41, 5.74) is 1.10. The highest BCUT2D eigenvalue weighted by molar-refractivity contribution is 6.31. The molecule has 1 N–H and O–H groups in total. The van der Waals surface area contributed by atoms with Crippen molar-refractivity contribution in [3.05, 3.63) is 58.3 Å². The van der Waals surface area contributed by atoms with E-state index in [2.05, 4.69) is 10.3 Å². The molecule has 0 bridgehead atoms. The van der Waals surface area contributed by atoms with Crippen LogP contribution in [0.4, 0.5) is 5.69 Å². The van der Waals surface area contributed by atoms with Gasteiger partial charge in [0.15, 0.2) is 0 Å². The van der Waals surface area contributed by atoms with Gasteiger partial charge in [-0.1, -0.05) is 35.3 Å². The number of nitrogens with zero attached hydrogens (tertiary/aromatic N) is 1. The molecule has 1 amide bonds. The third-order valence-electron chi connectivity index (χ3n) is 3.52. The van der Waals surface area contributed by atoms with Crippen LogP contribution in [0.25, 0.3) is 0 Å². The summed E-state index contributed by atoms with van der Waals surface area (Å²) in [6.07, 6.45) is 4.76. The molecule has 102 valence electrons. The van der Waals surface area contributed by atoms with Crippen molar-refractivity contribution >= 4 is 34.8 Å². The van der Waals surface area contributed by atoms with E-state index in [1.54, 1.807) is 18.3 Å². The molecule has 1 aliphatic carbocycles. The monoisotopic (exact) mass is 306 g/mol. The van der Waals surface area contributed by atoms with Crippen LogP contribution in [0.3, 0.4) is 0 Å². The Morgan fingerprint density at radius 2 is 1.95 bits per heavy atom. The van der Waals surface area contributed by atoms with E-state index in [1.165, 1.54) is 6.20 Å². The Morgan fingerprint density at radius 3 is 2.60 bits per heavy atom. The first-order chi connectivity index (χ1) is 9.60. The van der Waals surface area contributed by atoms with Crippen molar-refractivity contribution in [3.8, 4) is 0 Å². The molecule has 1 aliphatic rings. The Bertz CT molecular complexity index is 668. The summed E-state index contributed by atoms with van der Waals surface area (Å²) in [4.78, 5) is 16.5. The maximum absolute atomic E-state index is 12.5. The largest absolute Gasteiger partial charge is 0.324 e. The molecule has 0 unspecified atom stereocenters. The van der Waals surface area contributed by atoms with E-state index in [0.717, 1.165) is 18.4 Å². The summed E-state index contributed by atoms with van der Waals surface area (Å²) in [6, 6.07) is 9.14. The van der Waals surface area contributed by atoms with E-state index >= 15 is 0 Å². The summed E-state index contributed by atoms with van der Waals surface area (Å²) in [6.45, 7) is 0. The molecular formula is C15H12Cl2N2O. The van der Waals surface area contributed by atoms with Crippen molar-refractivity contribution in [2.24, 2.45) is 0 Å². The molecule has 0 radical (unpaired) electrons. The van der Waals surface area contributed by atoms with Crippen molar-refractivity contribution in [2.45, 2.75) is 18.3 Å². The van der Waals surface area contributed by atoms with Gasteiger partial charge in [0.25, 0.3) is 0 Å². The van der Waals surface area contributed by atoms with E-state index < -0.39 is 5.41 Å². The first-order valence-corrected chi connectivity index (χ1v) is 7.04. The van der Waals surface area contributed by atoms with Gasteiger partial charge in [0.2, 0.25) is 5.91 Å². The number of benzene rings is 1. The van der Waals surface area contributed by atoms with E-state index in [-0.39, 0.29) is 5.91 Å². The number of rotatable bonds is 3. The first-order valence-electron chi connectivity index (χ1n) is 6.28.